The molecule has 0 saturated carbocycles. The fraction of sp³-hybridized carbons (Fsp3) is 0.905. The number of aliphatic hydroxyl groups excluding tert-OH is 8. The average Bonchev–Trinajstić information content (AvgIpc) is 2.86. The molecule has 2 saturated heterocycles. The van der Waals surface area contributed by atoms with Crippen LogP contribution in [0.5, 0.6) is 0 Å². The van der Waals surface area contributed by atoms with Gasteiger partial charge in [-0.05, 0) is 12.8 Å². The van der Waals surface area contributed by atoms with E-state index in [1.165, 1.54) is 9.80 Å². The molecule has 2 rings (SSSR count). The number of nitrogens with zero attached hydrogens (tertiary/aromatic N) is 2. The Balaban J connectivity index is 0.00000722. The second kappa shape index (κ2) is 20.0. The standard InChI is InChI=1S/C21H38N2O10S4.2Na/c24-8-10-12(26)14(28)16(30)18(32-10)22(20(34)35)6-4-2-1-3-5-7-23(21(36)37)19-17(31)15(29)13(27)11(9-25)33-19;;/h10-19,24-31H,1-9H2,(H,34,35)(H,36,37);;/q;2*+1/p-2/t10-,11-,12-,13-,14+,15+,16-,17-,18?,19?;;/m1../s1. The molecule has 0 aromatic rings. The molecule has 39 heavy (non-hydrogen) atoms. The summed E-state index contributed by atoms with van der Waals surface area (Å²) in [6.07, 6.45) is -9.67. The van der Waals surface area contributed by atoms with E-state index in [4.69, 9.17) is 59.2 Å². The van der Waals surface area contributed by atoms with Crippen molar-refractivity contribution in [3.63, 3.8) is 0 Å². The Bertz CT molecular complexity index is 693. The molecule has 0 spiro atoms. The second-order valence-corrected chi connectivity index (χ2v) is 11.2. The zero-order valence-electron chi connectivity index (χ0n) is 22.1. The normalized spacial score (nSPS) is 34.4. The summed E-state index contributed by atoms with van der Waals surface area (Å²) in [6, 6.07) is 0. The van der Waals surface area contributed by atoms with Gasteiger partial charge in [0.1, 0.15) is 48.8 Å². The minimum atomic E-state index is -1.52. The average molecular weight is 651 g/mol. The summed E-state index contributed by atoms with van der Waals surface area (Å²) < 4.78 is 11.1. The largest absolute Gasteiger partial charge is 1.00 e. The van der Waals surface area contributed by atoms with Gasteiger partial charge in [-0.25, -0.2) is 0 Å². The van der Waals surface area contributed by atoms with Crippen LogP contribution in [0.1, 0.15) is 32.1 Å². The topological polar surface area (TPSA) is 187 Å². The molecule has 0 aliphatic carbocycles. The van der Waals surface area contributed by atoms with Crippen LogP contribution in [-0.2, 0) is 34.7 Å². The smallest absolute Gasteiger partial charge is 0.411 e. The Hall–Kier alpha value is 1.82. The first kappa shape index (κ1) is 40.8. The quantitative estimate of drug-likeness (QED) is 0.0430. The fourth-order valence-corrected chi connectivity index (χ4v) is 5.20. The van der Waals surface area contributed by atoms with E-state index in [1.807, 2.05) is 0 Å². The van der Waals surface area contributed by atoms with E-state index in [9.17, 15) is 40.9 Å². The van der Waals surface area contributed by atoms with Gasteiger partial charge in [0.15, 0.2) is 12.5 Å². The number of thiocarbonyl (C=S) groups is 2. The van der Waals surface area contributed by atoms with Crippen LogP contribution < -0.4 is 59.1 Å². The zero-order valence-corrected chi connectivity index (χ0v) is 29.3. The third-order valence-corrected chi connectivity index (χ3v) is 7.55. The number of hydrogen-bond acceptors (Lipinski definition) is 14. The molecule has 8 N–H and O–H groups in total. The Labute approximate surface area is 294 Å². The van der Waals surface area contributed by atoms with Crippen LogP contribution in [0.4, 0.5) is 0 Å². The minimum Gasteiger partial charge on any atom is -0.411 e. The maximum atomic E-state index is 10.3. The summed E-state index contributed by atoms with van der Waals surface area (Å²) in [5, 5.41) is 79.5. The van der Waals surface area contributed by atoms with Gasteiger partial charge in [0, 0.05) is 13.1 Å². The number of ether oxygens (including phenoxy) is 2. The van der Waals surface area contributed by atoms with Crippen LogP contribution in [0, 0.1) is 0 Å². The van der Waals surface area contributed by atoms with Gasteiger partial charge in [-0.15, -0.1) is 0 Å². The molecule has 2 aliphatic rings. The van der Waals surface area contributed by atoms with Crippen molar-refractivity contribution >= 4 is 58.3 Å². The summed E-state index contributed by atoms with van der Waals surface area (Å²) >= 11 is 20.4. The first-order valence-electron chi connectivity index (χ1n) is 12.0. The molecule has 216 valence electrons. The first-order chi connectivity index (χ1) is 17.5. The Morgan fingerprint density at radius 3 is 1.15 bits per heavy atom. The van der Waals surface area contributed by atoms with Crippen molar-refractivity contribution in [2.24, 2.45) is 0 Å². The van der Waals surface area contributed by atoms with E-state index in [0.717, 1.165) is 19.3 Å². The zero-order chi connectivity index (χ0) is 27.9. The Morgan fingerprint density at radius 1 is 0.564 bits per heavy atom. The number of hydrogen-bond donors (Lipinski definition) is 8. The number of rotatable bonds is 12. The van der Waals surface area contributed by atoms with Crippen molar-refractivity contribution in [3.8, 4) is 0 Å². The van der Waals surface area contributed by atoms with Crippen LogP contribution in [0.2, 0.25) is 0 Å². The van der Waals surface area contributed by atoms with Gasteiger partial charge in [0.05, 0.1) is 13.2 Å². The molecule has 2 aliphatic heterocycles. The monoisotopic (exact) mass is 650 g/mol. The molecule has 0 bridgehead atoms. The van der Waals surface area contributed by atoms with Crippen LogP contribution in [0.3, 0.4) is 0 Å². The van der Waals surface area contributed by atoms with Crippen molar-refractivity contribution in [2.75, 3.05) is 26.3 Å². The van der Waals surface area contributed by atoms with E-state index < -0.39 is 74.5 Å². The van der Waals surface area contributed by atoms with Crippen molar-refractivity contribution in [1.29, 1.82) is 0 Å². The molecule has 0 amide bonds. The van der Waals surface area contributed by atoms with E-state index in [-0.39, 0.29) is 67.8 Å². The minimum absolute atomic E-state index is 0. The molecular formula is C21H36N2Na2O10S4. The molecule has 0 aromatic heterocycles. The Kier molecular flexibility index (Phi) is 20.9. The second-order valence-electron chi connectivity index (χ2n) is 9.13. The van der Waals surface area contributed by atoms with Gasteiger partial charge in [0.25, 0.3) is 0 Å². The summed E-state index contributed by atoms with van der Waals surface area (Å²) in [6.45, 7) is -0.433. The fourth-order valence-electron chi connectivity index (χ4n) is 4.42. The predicted octanol–water partition coefficient (Wildman–Crippen LogP) is -9.19. The van der Waals surface area contributed by atoms with Crippen LogP contribution >= 0.6 is 24.4 Å². The van der Waals surface area contributed by atoms with Gasteiger partial charge in [-0.2, -0.15) is 0 Å². The summed E-state index contributed by atoms with van der Waals surface area (Å²) in [5.74, 6) is 0. The molecule has 2 fully saturated rings. The van der Waals surface area contributed by atoms with Crippen molar-refractivity contribution < 1.29 is 109 Å². The summed E-state index contributed by atoms with van der Waals surface area (Å²) in [5.41, 5.74) is 0. The van der Waals surface area contributed by atoms with Gasteiger partial charge in [-0.1, -0.05) is 27.9 Å². The SMILES string of the molecule is OC[C@H]1OC(N(CCCCCCCN(C(=S)[S-])C2O[C@H](CO)[C@@H](O)[C@H](O)[C@H]2O)C(=S)[S-])[C@H](O)[C@@H](O)[C@@H]1O.[Na+].[Na+]. The third kappa shape index (κ3) is 11.0. The molecule has 0 aromatic carbocycles. The number of unbranched alkanes of at least 4 members (excludes halogenated alkanes) is 4. The van der Waals surface area contributed by atoms with E-state index in [2.05, 4.69) is 0 Å². The molecule has 2 unspecified atom stereocenters. The predicted molar refractivity (Wildman–Crippen MR) is 144 cm³/mol. The maximum Gasteiger partial charge on any atom is 1.00 e. The van der Waals surface area contributed by atoms with Crippen LogP contribution in [-0.4, -0.2) is 147 Å². The van der Waals surface area contributed by atoms with E-state index in [0.29, 0.717) is 25.9 Å². The first-order valence-corrected chi connectivity index (χ1v) is 13.7. The molecule has 0 radical (unpaired) electrons. The van der Waals surface area contributed by atoms with E-state index in [1.54, 1.807) is 0 Å². The van der Waals surface area contributed by atoms with Crippen molar-refractivity contribution in [2.45, 2.75) is 93.4 Å². The van der Waals surface area contributed by atoms with Crippen LogP contribution in [0.15, 0.2) is 0 Å². The molecule has 18 heteroatoms. The van der Waals surface area contributed by atoms with Crippen molar-refractivity contribution in [1.82, 2.24) is 9.80 Å². The van der Waals surface area contributed by atoms with Gasteiger partial charge in [0.2, 0.25) is 0 Å². The third-order valence-electron chi connectivity index (χ3n) is 6.62. The van der Waals surface area contributed by atoms with Crippen LogP contribution in [0.25, 0.3) is 0 Å². The summed E-state index contributed by atoms with van der Waals surface area (Å²) in [4.78, 5) is 2.90. The molecule has 12 nitrogen and oxygen atoms in total. The van der Waals surface area contributed by atoms with Gasteiger partial charge < -0.3 is 110 Å². The maximum absolute atomic E-state index is 10.3. The van der Waals surface area contributed by atoms with E-state index >= 15 is 0 Å². The Morgan fingerprint density at radius 2 is 0.872 bits per heavy atom. The number of aliphatic hydroxyl groups is 8. The van der Waals surface area contributed by atoms with Gasteiger partial charge in [-0.3, -0.25) is 0 Å². The molecule has 10 atom stereocenters. The molecular weight excluding hydrogens is 614 g/mol. The van der Waals surface area contributed by atoms with Gasteiger partial charge >= 0.3 is 59.1 Å². The summed E-state index contributed by atoms with van der Waals surface area (Å²) in [7, 11) is 0. The molecule has 2 heterocycles. The van der Waals surface area contributed by atoms with Crippen molar-refractivity contribution in [3.05, 3.63) is 0 Å².